The maximum atomic E-state index is 12.5. The summed E-state index contributed by atoms with van der Waals surface area (Å²) in [6.45, 7) is 0. The smallest absolute Gasteiger partial charge is 0.339 e. The van der Waals surface area contributed by atoms with Gasteiger partial charge >= 0.3 is 5.97 Å². The second-order valence-corrected chi connectivity index (χ2v) is 5.55. The van der Waals surface area contributed by atoms with Crippen molar-refractivity contribution < 1.29 is 14.3 Å². The molecule has 2 heterocycles. The molecule has 1 aromatic heterocycles. The first-order valence-corrected chi connectivity index (χ1v) is 7.64. The van der Waals surface area contributed by atoms with Crippen LogP contribution < -0.4 is 5.32 Å². The lowest BCUT2D eigenvalue weighted by Crippen LogP contribution is -2.37. The zero-order valence-corrected chi connectivity index (χ0v) is 13.0. The molecule has 1 atom stereocenters. The minimum absolute atomic E-state index is 0.348. The predicted molar refractivity (Wildman–Crippen MR) is 87.1 cm³/mol. The molecule has 0 spiro atoms. The van der Waals surface area contributed by atoms with E-state index < -0.39 is 12.1 Å². The summed E-state index contributed by atoms with van der Waals surface area (Å²) < 4.78 is 6.74. The number of carbonyl (C=O) groups excluding carboxylic acids is 2. The number of aromatic nitrogens is 4. The van der Waals surface area contributed by atoms with Gasteiger partial charge in [-0.15, -0.1) is 5.10 Å². The molecular weight excluding hydrogens is 322 g/mol. The molecule has 2 aromatic carbocycles. The van der Waals surface area contributed by atoms with Gasteiger partial charge < -0.3 is 10.1 Å². The van der Waals surface area contributed by atoms with Gasteiger partial charge in [0.1, 0.15) is 6.33 Å². The zero-order chi connectivity index (χ0) is 17.2. The number of carbonyl (C=O) groups is 2. The minimum atomic E-state index is -0.862. The molecule has 8 heteroatoms. The summed E-state index contributed by atoms with van der Waals surface area (Å²) >= 11 is 0. The number of benzene rings is 2. The Hall–Kier alpha value is -3.55. The minimum Gasteiger partial charge on any atom is -0.448 e. The van der Waals surface area contributed by atoms with Crippen LogP contribution in [0.1, 0.15) is 15.9 Å². The van der Waals surface area contributed by atoms with Gasteiger partial charge in [-0.2, -0.15) is 0 Å². The number of tetrazole rings is 1. The lowest BCUT2D eigenvalue weighted by molar-refractivity contribution is -0.125. The molecule has 1 N–H and O–H groups in total. The highest BCUT2D eigenvalue weighted by Gasteiger charge is 2.31. The molecule has 3 aromatic rings. The van der Waals surface area contributed by atoms with E-state index in [2.05, 4.69) is 20.8 Å². The van der Waals surface area contributed by atoms with E-state index in [9.17, 15) is 9.59 Å². The largest absolute Gasteiger partial charge is 0.448 e. The van der Waals surface area contributed by atoms with E-state index in [0.29, 0.717) is 23.4 Å². The van der Waals surface area contributed by atoms with Crippen LogP contribution in [0.3, 0.4) is 0 Å². The van der Waals surface area contributed by atoms with Gasteiger partial charge in [-0.05, 0) is 40.3 Å². The third-order valence-electron chi connectivity index (χ3n) is 3.91. The second-order valence-electron chi connectivity index (χ2n) is 5.55. The number of nitrogens with one attached hydrogen (secondary N) is 1. The average molecular weight is 335 g/mol. The number of hydrogen-bond donors (Lipinski definition) is 1. The van der Waals surface area contributed by atoms with E-state index in [1.165, 1.54) is 11.0 Å². The lowest BCUT2D eigenvalue weighted by Gasteiger charge is -2.23. The molecule has 0 saturated carbocycles. The van der Waals surface area contributed by atoms with Crippen LogP contribution in [-0.2, 0) is 16.0 Å². The molecule has 1 aliphatic heterocycles. The number of fused-ring (bicyclic) bond motifs is 1. The van der Waals surface area contributed by atoms with Crippen LogP contribution >= 0.6 is 0 Å². The first kappa shape index (κ1) is 15.0. The molecule has 0 bridgehead atoms. The number of amides is 1. The maximum absolute atomic E-state index is 12.5. The highest BCUT2D eigenvalue weighted by atomic mass is 16.5. The lowest BCUT2D eigenvalue weighted by atomic mass is 9.98. The molecule has 0 aliphatic carbocycles. The molecule has 1 aliphatic rings. The molecule has 0 fully saturated rings. The van der Waals surface area contributed by atoms with Gasteiger partial charge in [-0.25, -0.2) is 9.48 Å². The monoisotopic (exact) mass is 335 g/mol. The first-order valence-electron chi connectivity index (χ1n) is 7.64. The van der Waals surface area contributed by atoms with Gasteiger partial charge in [0.05, 0.1) is 11.3 Å². The van der Waals surface area contributed by atoms with E-state index in [0.717, 1.165) is 5.56 Å². The third-order valence-corrected chi connectivity index (χ3v) is 3.91. The molecule has 25 heavy (non-hydrogen) atoms. The van der Waals surface area contributed by atoms with Crippen LogP contribution in [0.25, 0.3) is 5.69 Å². The van der Waals surface area contributed by atoms with Gasteiger partial charge in [0.25, 0.3) is 5.91 Å². The van der Waals surface area contributed by atoms with E-state index in [1.807, 2.05) is 18.2 Å². The highest BCUT2D eigenvalue weighted by molar-refractivity contribution is 6.00. The molecular formula is C17H13N5O3. The Bertz CT molecular complexity index is 939. The van der Waals surface area contributed by atoms with Crippen LogP contribution in [0, 0.1) is 0 Å². The Labute approximate surface area is 142 Å². The highest BCUT2D eigenvalue weighted by Crippen LogP contribution is 2.22. The standard InChI is InChI=1S/C17H13N5O3/c23-16(15-8-11-4-1-2-7-14(11)17(24)25-15)19-12-5-3-6-13(9-12)22-10-18-20-21-22/h1-7,9-10,15H,8H2,(H,19,23)/t15-/m0/s1. The Morgan fingerprint density at radius 1 is 1.20 bits per heavy atom. The van der Waals surface area contributed by atoms with Crippen molar-refractivity contribution in [1.82, 2.24) is 20.2 Å². The first-order chi connectivity index (χ1) is 12.2. The third kappa shape index (κ3) is 2.97. The van der Waals surface area contributed by atoms with Crippen molar-refractivity contribution in [3.63, 3.8) is 0 Å². The maximum Gasteiger partial charge on any atom is 0.339 e. The van der Waals surface area contributed by atoms with Crippen molar-refractivity contribution in [1.29, 1.82) is 0 Å². The fourth-order valence-corrected chi connectivity index (χ4v) is 2.71. The summed E-state index contributed by atoms with van der Waals surface area (Å²) in [5.41, 5.74) is 2.58. The van der Waals surface area contributed by atoms with E-state index in [4.69, 9.17) is 4.74 Å². The number of nitrogens with zero attached hydrogens (tertiary/aromatic N) is 4. The van der Waals surface area contributed by atoms with Gasteiger partial charge in [0.15, 0.2) is 6.10 Å². The van der Waals surface area contributed by atoms with Crippen LogP contribution in [0.5, 0.6) is 0 Å². The summed E-state index contributed by atoms with van der Waals surface area (Å²) in [7, 11) is 0. The second kappa shape index (κ2) is 6.16. The normalized spacial score (nSPS) is 16.0. The van der Waals surface area contributed by atoms with Crippen molar-refractivity contribution in [3.05, 3.63) is 66.0 Å². The van der Waals surface area contributed by atoms with Crippen molar-refractivity contribution in [2.24, 2.45) is 0 Å². The molecule has 0 unspecified atom stereocenters. The molecule has 4 rings (SSSR count). The summed E-state index contributed by atoms with van der Waals surface area (Å²) in [6.07, 6.45) is 0.945. The molecule has 0 radical (unpaired) electrons. The average Bonchev–Trinajstić information content (AvgIpc) is 3.17. The van der Waals surface area contributed by atoms with Crippen LogP contribution in [0.15, 0.2) is 54.9 Å². The number of ether oxygens (including phenoxy) is 1. The van der Waals surface area contributed by atoms with Gasteiger partial charge in [0, 0.05) is 12.1 Å². The van der Waals surface area contributed by atoms with Crippen molar-refractivity contribution in [2.45, 2.75) is 12.5 Å². The summed E-state index contributed by atoms with van der Waals surface area (Å²) in [6, 6.07) is 14.2. The van der Waals surface area contributed by atoms with E-state index in [-0.39, 0.29) is 5.91 Å². The zero-order valence-electron chi connectivity index (χ0n) is 13.0. The predicted octanol–water partition coefficient (Wildman–Crippen LogP) is 1.38. The number of cyclic esters (lactones) is 1. The fraction of sp³-hybridized carbons (Fsp3) is 0.118. The number of hydrogen-bond acceptors (Lipinski definition) is 6. The van der Waals surface area contributed by atoms with Crippen molar-refractivity contribution in [3.8, 4) is 5.69 Å². The van der Waals surface area contributed by atoms with Crippen molar-refractivity contribution in [2.75, 3.05) is 5.32 Å². The van der Waals surface area contributed by atoms with Crippen molar-refractivity contribution >= 4 is 17.6 Å². The Morgan fingerprint density at radius 2 is 2.08 bits per heavy atom. The quantitative estimate of drug-likeness (QED) is 0.726. The molecule has 0 saturated heterocycles. The van der Waals surface area contributed by atoms with Gasteiger partial charge in [0.2, 0.25) is 0 Å². The Kier molecular flexibility index (Phi) is 3.70. The summed E-state index contributed by atoms with van der Waals surface area (Å²) in [4.78, 5) is 24.5. The number of rotatable bonds is 3. The van der Waals surface area contributed by atoms with Gasteiger partial charge in [-0.3, -0.25) is 4.79 Å². The van der Waals surface area contributed by atoms with E-state index >= 15 is 0 Å². The molecule has 1 amide bonds. The van der Waals surface area contributed by atoms with E-state index in [1.54, 1.807) is 30.3 Å². The van der Waals surface area contributed by atoms with Crippen LogP contribution in [0.2, 0.25) is 0 Å². The Morgan fingerprint density at radius 3 is 2.92 bits per heavy atom. The topological polar surface area (TPSA) is 99.0 Å². The van der Waals surface area contributed by atoms with Gasteiger partial charge in [-0.1, -0.05) is 24.3 Å². The Balaban J connectivity index is 1.52. The summed E-state index contributed by atoms with van der Waals surface area (Å²) in [5.74, 6) is -0.860. The SMILES string of the molecule is O=C1O[C@H](C(=O)Nc2cccc(-n3cnnn3)c2)Cc2ccccc21. The van der Waals surface area contributed by atoms with Crippen LogP contribution in [0.4, 0.5) is 5.69 Å². The molecule has 8 nitrogen and oxygen atoms in total. The number of anilines is 1. The molecule has 124 valence electrons. The van der Waals surface area contributed by atoms with Crippen LogP contribution in [-0.4, -0.2) is 38.2 Å². The number of esters is 1. The summed E-state index contributed by atoms with van der Waals surface area (Å²) in [5, 5.41) is 13.7. The fourth-order valence-electron chi connectivity index (χ4n) is 2.71.